The minimum atomic E-state index is -4.74. The van der Waals surface area contributed by atoms with E-state index in [4.69, 9.17) is 5.11 Å². The third-order valence-corrected chi connectivity index (χ3v) is 2.79. The number of carbonyl (C=O) groups is 1. The van der Waals surface area contributed by atoms with Crippen molar-refractivity contribution in [3.8, 4) is 0 Å². The van der Waals surface area contributed by atoms with Gasteiger partial charge in [0.25, 0.3) is 0 Å². The van der Waals surface area contributed by atoms with Crippen molar-refractivity contribution in [3.05, 3.63) is 29.3 Å². The van der Waals surface area contributed by atoms with E-state index in [0.717, 1.165) is 16.0 Å². The molecule has 20 heavy (non-hydrogen) atoms. The average Bonchev–Trinajstić information content (AvgIpc) is 2.31. The normalized spacial score (nSPS) is 12.9. The number of nitrogens with one attached hydrogen (secondary N) is 1. The van der Waals surface area contributed by atoms with E-state index in [1.165, 1.54) is 7.05 Å². The van der Waals surface area contributed by atoms with Crippen molar-refractivity contribution >= 4 is 11.7 Å². The largest absolute Gasteiger partial charge is 0.416 e. The number of halogens is 3. The maximum Gasteiger partial charge on any atom is 0.416 e. The number of aliphatic hydroxyl groups excluding tert-OH is 1. The van der Waals surface area contributed by atoms with Crippen molar-refractivity contribution in [1.29, 1.82) is 0 Å². The lowest BCUT2D eigenvalue weighted by molar-refractivity contribution is -0.205. The van der Waals surface area contributed by atoms with Crippen molar-refractivity contribution < 1.29 is 23.1 Å². The Morgan fingerprint density at radius 1 is 1.40 bits per heavy atom. The molecule has 0 aromatic heterocycles. The summed E-state index contributed by atoms with van der Waals surface area (Å²) in [4.78, 5) is 12.5. The summed E-state index contributed by atoms with van der Waals surface area (Å²) in [6, 6.07) is 4.60. The lowest BCUT2D eigenvalue weighted by Crippen LogP contribution is -2.43. The molecule has 1 unspecified atom stereocenters. The molecule has 0 heterocycles. The lowest BCUT2D eigenvalue weighted by Gasteiger charge is -2.23. The second kappa shape index (κ2) is 6.13. The van der Waals surface area contributed by atoms with E-state index < -0.39 is 24.9 Å². The van der Waals surface area contributed by atoms with Crippen LogP contribution < -0.4 is 5.32 Å². The maximum absolute atomic E-state index is 12.2. The van der Waals surface area contributed by atoms with Gasteiger partial charge in [-0.05, 0) is 25.5 Å². The van der Waals surface area contributed by atoms with Crippen LogP contribution in [0.1, 0.15) is 11.1 Å². The van der Waals surface area contributed by atoms with Crippen LogP contribution in [0, 0.1) is 13.8 Å². The number of alkyl halides is 3. The molecule has 0 aliphatic carbocycles. The Balaban J connectivity index is 2.66. The third kappa shape index (κ3) is 4.41. The second-order valence-electron chi connectivity index (χ2n) is 4.69. The van der Waals surface area contributed by atoms with E-state index in [1.807, 2.05) is 13.0 Å². The summed E-state index contributed by atoms with van der Waals surface area (Å²) >= 11 is 0. The zero-order chi connectivity index (χ0) is 15.5. The van der Waals surface area contributed by atoms with E-state index in [2.05, 4.69) is 5.32 Å². The molecule has 112 valence electrons. The zero-order valence-corrected chi connectivity index (χ0v) is 11.5. The monoisotopic (exact) mass is 290 g/mol. The van der Waals surface area contributed by atoms with Crippen LogP contribution in [0.25, 0.3) is 0 Å². The fourth-order valence-corrected chi connectivity index (χ4v) is 1.61. The lowest BCUT2D eigenvalue weighted by atomic mass is 10.1. The van der Waals surface area contributed by atoms with Gasteiger partial charge in [-0.1, -0.05) is 17.7 Å². The fourth-order valence-electron chi connectivity index (χ4n) is 1.61. The number of benzene rings is 1. The number of anilines is 1. The van der Waals surface area contributed by atoms with Crippen molar-refractivity contribution in [2.24, 2.45) is 0 Å². The maximum atomic E-state index is 12.2. The van der Waals surface area contributed by atoms with Gasteiger partial charge in [-0.2, -0.15) is 13.2 Å². The van der Waals surface area contributed by atoms with Gasteiger partial charge in [0, 0.05) is 12.7 Å². The third-order valence-electron chi connectivity index (χ3n) is 2.79. The zero-order valence-electron chi connectivity index (χ0n) is 11.5. The number of rotatable bonds is 3. The van der Waals surface area contributed by atoms with Crippen molar-refractivity contribution in [2.45, 2.75) is 26.1 Å². The molecule has 0 spiro atoms. The summed E-state index contributed by atoms with van der Waals surface area (Å²) in [6.07, 6.45) is -7.30. The van der Waals surface area contributed by atoms with Crippen molar-refractivity contribution in [2.75, 3.05) is 18.9 Å². The van der Waals surface area contributed by atoms with Gasteiger partial charge < -0.3 is 15.3 Å². The highest BCUT2D eigenvalue weighted by Crippen LogP contribution is 2.21. The number of carbonyl (C=O) groups excluding carboxylic acids is 1. The minimum absolute atomic E-state index is 0.522. The van der Waals surface area contributed by atoms with Crippen LogP contribution in [0.2, 0.25) is 0 Å². The highest BCUT2D eigenvalue weighted by atomic mass is 19.4. The Kier molecular flexibility index (Phi) is 4.99. The average molecular weight is 290 g/mol. The molecule has 0 saturated carbocycles. The van der Waals surface area contributed by atoms with Crippen LogP contribution in [-0.2, 0) is 0 Å². The number of amides is 2. The van der Waals surface area contributed by atoms with Gasteiger partial charge in [0.05, 0.1) is 6.54 Å². The predicted molar refractivity (Wildman–Crippen MR) is 69.6 cm³/mol. The molecule has 0 saturated heterocycles. The molecule has 0 aliphatic heterocycles. The van der Waals surface area contributed by atoms with Crippen molar-refractivity contribution in [3.63, 3.8) is 0 Å². The Labute approximate surface area is 115 Å². The van der Waals surface area contributed by atoms with E-state index in [1.54, 1.807) is 19.1 Å². The van der Waals surface area contributed by atoms with Gasteiger partial charge in [-0.15, -0.1) is 0 Å². The first kappa shape index (κ1) is 16.3. The Morgan fingerprint density at radius 2 is 2.00 bits per heavy atom. The van der Waals surface area contributed by atoms with Gasteiger partial charge in [-0.3, -0.25) is 0 Å². The molecule has 4 nitrogen and oxygen atoms in total. The van der Waals surface area contributed by atoms with Gasteiger partial charge >= 0.3 is 12.2 Å². The summed E-state index contributed by atoms with van der Waals surface area (Å²) in [7, 11) is 1.19. The Hall–Kier alpha value is -1.76. The van der Waals surface area contributed by atoms with Crippen LogP contribution in [0.15, 0.2) is 18.2 Å². The van der Waals surface area contributed by atoms with Crippen LogP contribution in [0.5, 0.6) is 0 Å². The SMILES string of the molecule is Cc1ccc(NC(=O)N(C)CC(O)C(F)(F)F)c(C)c1. The summed E-state index contributed by atoms with van der Waals surface area (Å²) in [6.45, 7) is 2.86. The standard InChI is InChI=1S/C13H17F3N2O2/c1-8-4-5-10(9(2)6-8)17-12(20)18(3)7-11(19)13(14,15)16/h4-6,11,19H,7H2,1-3H3,(H,17,20). The summed E-state index contributed by atoms with van der Waals surface area (Å²) in [5, 5.41) is 11.4. The number of nitrogens with zero attached hydrogens (tertiary/aromatic N) is 1. The van der Waals surface area contributed by atoms with E-state index in [9.17, 15) is 18.0 Å². The molecule has 0 aliphatic rings. The smallest absolute Gasteiger partial charge is 0.382 e. The molecule has 2 N–H and O–H groups in total. The quantitative estimate of drug-likeness (QED) is 0.899. The predicted octanol–water partition coefficient (Wildman–Crippen LogP) is 2.69. The first-order valence-corrected chi connectivity index (χ1v) is 5.95. The van der Waals surface area contributed by atoms with Gasteiger partial charge in [0.2, 0.25) is 0 Å². The molecule has 1 atom stereocenters. The molecular formula is C13H17F3N2O2. The molecular weight excluding hydrogens is 273 g/mol. The number of aliphatic hydroxyl groups is 1. The van der Waals surface area contributed by atoms with E-state index in [-0.39, 0.29) is 0 Å². The van der Waals surface area contributed by atoms with Crippen LogP contribution in [-0.4, -0.2) is 41.9 Å². The molecule has 0 bridgehead atoms. The van der Waals surface area contributed by atoms with Crippen LogP contribution in [0.3, 0.4) is 0 Å². The number of likely N-dealkylation sites (N-methyl/N-ethyl adjacent to an activating group) is 1. The molecule has 0 radical (unpaired) electrons. The number of hydrogen-bond donors (Lipinski definition) is 2. The molecule has 1 aromatic rings. The van der Waals surface area contributed by atoms with Gasteiger partial charge in [-0.25, -0.2) is 4.79 Å². The molecule has 2 amide bonds. The van der Waals surface area contributed by atoms with Gasteiger partial charge in [0.15, 0.2) is 6.10 Å². The Bertz CT molecular complexity index is 489. The molecule has 1 rings (SSSR count). The van der Waals surface area contributed by atoms with Crippen LogP contribution in [0.4, 0.5) is 23.7 Å². The highest BCUT2D eigenvalue weighted by Gasteiger charge is 2.39. The highest BCUT2D eigenvalue weighted by molar-refractivity contribution is 5.90. The fraction of sp³-hybridized carbons (Fsp3) is 0.462. The summed E-state index contributed by atoms with van der Waals surface area (Å²) in [5.41, 5.74) is 2.35. The Morgan fingerprint density at radius 3 is 2.50 bits per heavy atom. The number of aryl methyl sites for hydroxylation is 2. The summed E-state index contributed by atoms with van der Waals surface area (Å²) < 4.78 is 36.6. The first-order chi connectivity index (χ1) is 9.11. The number of urea groups is 1. The molecule has 7 heteroatoms. The first-order valence-electron chi connectivity index (χ1n) is 5.95. The van der Waals surface area contributed by atoms with E-state index in [0.29, 0.717) is 5.69 Å². The second-order valence-corrected chi connectivity index (χ2v) is 4.69. The summed E-state index contributed by atoms with van der Waals surface area (Å²) in [5.74, 6) is 0. The van der Waals surface area contributed by atoms with E-state index >= 15 is 0 Å². The van der Waals surface area contributed by atoms with Gasteiger partial charge in [0.1, 0.15) is 0 Å². The number of hydrogen-bond acceptors (Lipinski definition) is 2. The van der Waals surface area contributed by atoms with Crippen LogP contribution >= 0.6 is 0 Å². The minimum Gasteiger partial charge on any atom is -0.382 e. The molecule has 1 aromatic carbocycles. The topological polar surface area (TPSA) is 52.6 Å². The molecule has 0 fully saturated rings. The van der Waals surface area contributed by atoms with Crippen molar-refractivity contribution in [1.82, 2.24) is 4.90 Å².